The molecule has 2 rings (SSSR count). The molecule has 2 heterocycles. The Morgan fingerprint density at radius 1 is 1.39 bits per heavy atom. The second-order valence-electron chi connectivity index (χ2n) is 4.81. The minimum Gasteiger partial charge on any atom is -0.313 e. The SMILES string of the molecule is CCN(Cc1cnc(Cl)cn1)CC1CCCCN1. The lowest BCUT2D eigenvalue weighted by atomic mass is 10.0. The van der Waals surface area contributed by atoms with Gasteiger partial charge in [-0.25, -0.2) is 4.98 Å². The quantitative estimate of drug-likeness (QED) is 0.888. The van der Waals surface area contributed by atoms with Gasteiger partial charge in [0.2, 0.25) is 0 Å². The molecule has 1 aliphatic heterocycles. The fourth-order valence-corrected chi connectivity index (χ4v) is 2.44. The average molecular weight is 269 g/mol. The van der Waals surface area contributed by atoms with Crippen LogP contribution in [0.2, 0.25) is 5.15 Å². The van der Waals surface area contributed by atoms with E-state index in [-0.39, 0.29) is 0 Å². The number of piperidine rings is 1. The van der Waals surface area contributed by atoms with E-state index in [1.54, 1.807) is 12.4 Å². The van der Waals surface area contributed by atoms with Crippen LogP contribution in [0.1, 0.15) is 31.9 Å². The van der Waals surface area contributed by atoms with Gasteiger partial charge in [-0.2, -0.15) is 0 Å². The van der Waals surface area contributed by atoms with Gasteiger partial charge >= 0.3 is 0 Å². The van der Waals surface area contributed by atoms with Crippen LogP contribution < -0.4 is 5.32 Å². The molecular formula is C13H21ClN4. The molecule has 1 fully saturated rings. The van der Waals surface area contributed by atoms with Gasteiger partial charge in [0.05, 0.1) is 18.1 Å². The molecule has 1 N–H and O–H groups in total. The first-order valence-electron chi connectivity index (χ1n) is 6.70. The molecule has 5 heteroatoms. The molecule has 18 heavy (non-hydrogen) atoms. The third-order valence-corrected chi connectivity index (χ3v) is 3.59. The Labute approximate surface area is 114 Å². The molecule has 1 atom stereocenters. The van der Waals surface area contributed by atoms with Crippen LogP contribution in [0.4, 0.5) is 0 Å². The number of halogens is 1. The Morgan fingerprint density at radius 3 is 2.89 bits per heavy atom. The highest BCUT2D eigenvalue weighted by Crippen LogP contribution is 2.10. The largest absolute Gasteiger partial charge is 0.313 e. The molecule has 0 saturated carbocycles. The lowest BCUT2D eigenvalue weighted by molar-refractivity contribution is 0.224. The van der Waals surface area contributed by atoms with Crippen LogP contribution in [-0.2, 0) is 6.54 Å². The van der Waals surface area contributed by atoms with E-state index in [4.69, 9.17) is 11.6 Å². The number of aromatic nitrogens is 2. The number of nitrogens with one attached hydrogen (secondary N) is 1. The average Bonchev–Trinajstić information content (AvgIpc) is 2.41. The van der Waals surface area contributed by atoms with E-state index in [1.165, 1.54) is 19.3 Å². The van der Waals surface area contributed by atoms with E-state index < -0.39 is 0 Å². The Balaban J connectivity index is 1.86. The molecule has 100 valence electrons. The van der Waals surface area contributed by atoms with Crippen molar-refractivity contribution in [2.24, 2.45) is 0 Å². The van der Waals surface area contributed by atoms with Gasteiger partial charge in [-0.15, -0.1) is 0 Å². The first-order valence-corrected chi connectivity index (χ1v) is 7.08. The van der Waals surface area contributed by atoms with Gasteiger partial charge < -0.3 is 5.32 Å². The molecule has 0 aliphatic carbocycles. The molecular weight excluding hydrogens is 248 g/mol. The standard InChI is InChI=1S/C13H21ClN4/c1-2-18(9-11-5-3-4-6-15-11)10-12-7-17-13(14)8-16-12/h7-8,11,15H,2-6,9-10H2,1H3. The predicted octanol–water partition coefficient (Wildman–Crippen LogP) is 2.09. The minimum absolute atomic E-state index is 0.454. The summed E-state index contributed by atoms with van der Waals surface area (Å²) >= 11 is 5.74. The molecule has 4 nitrogen and oxygen atoms in total. The van der Waals surface area contributed by atoms with Gasteiger partial charge in [0, 0.05) is 19.1 Å². The number of rotatable bonds is 5. The van der Waals surface area contributed by atoms with Gasteiger partial charge in [-0.3, -0.25) is 9.88 Å². The summed E-state index contributed by atoms with van der Waals surface area (Å²) in [5, 5.41) is 4.03. The Bertz CT molecular complexity index is 349. The molecule has 1 unspecified atom stereocenters. The van der Waals surface area contributed by atoms with Crippen LogP contribution >= 0.6 is 11.6 Å². The van der Waals surface area contributed by atoms with E-state index in [2.05, 4.69) is 27.1 Å². The van der Waals surface area contributed by atoms with Crippen molar-refractivity contribution in [1.29, 1.82) is 0 Å². The summed E-state index contributed by atoms with van der Waals surface area (Å²) < 4.78 is 0. The Morgan fingerprint density at radius 2 is 2.28 bits per heavy atom. The third-order valence-electron chi connectivity index (χ3n) is 3.40. The van der Waals surface area contributed by atoms with E-state index in [0.29, 0.717) is 11.2 Å². The highest BCUT2D eigenvalue weighted by molar-refractivity contribution is 6.29. The smallest absolute Gasteiger partial charge is 0.147 e. The van der Waals surface area contributed by atoms with Gasteiger partial charge in [0.15, 0.2) is 0 Å². The fraction of sp³-hybridized carbons (Fsp3) is 0.692. The van der Waals surface area contributed by atoms with Gasteiger partial charge in [-0.1, -0.05) is 24.9 Å². The van der Waals surface area contributed by atoms with Crippen LogP contribution in [0.15, 0.2) is 12.4 Å². The fourth-order valence-electron chi connectivity index (χ4n) is 2.35. The molecule has 0 spiro atoms. The highest BCUT2D eigenvalue weighted by Gasteiger charge is 2.16. The minimum atomic E-state index is 0.454. The number of hydrogen-bond acceptors (Lipinski definition) is 4. The molecule has 1 aromatic heterocycles. The normalized spacial score (nSPS) is 20.3. The van der Waals surface area contributed by atoms with Crippen LogP contribution in [0.5, 0.6) is 0 Å². The molecule has 0 amide bonds. The first kappa shape index (κ1) is 13.7. The van der Waals surface area contributed by atoms with Crippen molar-refractivity contribution in [2.45, 2.75) is 38.8 Å². The van der Waals surface area contributed by atoms with Crippen LogP contribution in [0.3, 0.4) is 0 Å². The summed E-state index contributed by atoms with van der Waals surface area (Å²) in [4.78, 5) is 10.8. The van der Waals surface area contributed by atoms with E-state index in [9.17, 15) is 0 Å². The lowest BCUT2D eigenvalue weighted by Crippen LogP contribution is -2.43. The van der Waals surface area contributed by atoms with Crippen molar-refractivity contribution in [2.75, 3.05) is 19.6 Å². The number of nitrogens with zero attached hydrogens (tertiary/aromatic N) is 3. The van der Waals surface area contributed by atoms with E-state index in [0.717, 1.165) is 31.9 Å². The first-order chi connectivity index (χ1) is 8.78. The van der Waals surface area contributed by atoms with Crippen molar-refractivity contribution in [3.8, 4) is 0 Å². The predicted molar refractivity (Wildman–Crippen MR) is 73.6 cm³/mol. The summed E-state index contributed by atoms with van der Waals surface area (Å²) in [6.07, 6.45) is 7.31. The third kappa shape index (κ3) is 4.19. The van der Waals surface area contributed by atoms with Gasteiger partial charge in [0.25, 0.3) is 0 Å². The van der Waals surface area contributed by atoms with Crippen LogP contribution in [0.25, 0.3) is 0 Å². The Kier molecular flexibility index (Phi) is 5.35. The zero-order valence-electron chi connectivity index (χ0n) is 10.9. The molecule has 1 aliphatic rings. The summed E-state index contributed by atoms with van der Waals surface area (Å²) in [6, 6.07) is 0.624. The molecule has 0 radical (unpaired) electrons. The van der Waals surface area contributed by atoms with Gasteiger partial charge in [0.1, 0.15) is 5.15 Å². The molecule has 0 aromatic carbocycles. The maximum Gasteiger partial charge on any atom is 0.147 e. The summed E-state index contributed by atoms with van der Waals surface area (Å²) in [6.45, 7) is 6.30. The zero-order chi connectivity index (χ0) is 12.8. The lowest BCUT2D eigenvalue weighted by Gasteiger charge is -2.29. The summed E-state index contributed by atoms with van der Waals surface area (Å²) in [5.74, 6) is 0. The van der Waals surface area contributed by atoms with Crippen molar-refractivity contribution >= 4 is 11.6 Å². The van der Waals surface area contributed by atoms with Crippen LogP contribution in [0, 0.1) is 0 Å². The maximum absolute atomic E-state index is 5.74. The highest BCUT2D eigenvalue weighted by atomic mass is 35.5. The number of hydrogen-bond donors (Lipinski definition) is 1. The second-order valence-corrected chi connectivity index (χ2v) is 5.19. The summed E-state index contributed by atoms with van der Waals surface area (Å²) in [5.41, 5.74) is 0.983. The summed E-state index contributed by atoms with van der Waals surface area (Å²) in [7, 11) is 0. The van der Waals surface area contributed by atoms with Crippen molar-refractivity contribution in [1.82, 2.24) is 20.2 Å². The van der Waals surface area contributed by atoms with Crippen LogP contribution in [-0.4, -0.2) is 40.5 Å². The van der Waals surface area contributed by atoms with Crippen molar-refractivity contribution in [3.63, 3.8) is 0 Å². The zero-order valence-corrected chi connectivity index (χ0v) is 11.7. The molecule has 1 saturated heterocycles. The molecule has 1 aromatic rings. The van der Waals surface area contributed by atoms with E-state index >= 15 is 0 Å². The second kappa shape index (κ2) is 7.02. The topological polar surface area (TPSA) is 41.1 Å². The van der Waals surface area contributed by atoms with Crippen molar-refractivity contribution < 1.29 is 0 Å². The monoisotopic (exact) mass is 268 g/mol. The Hall–Kier alpha value is -0.710. The number of likely N-dealkylation sites (N-methyl/N-ethyl adjacent to an activating group) is 1. The maximum atomic E-state index is 5.74. The van der Waals surface area contributed by atoms with Gasteiger partial charge in [-0.05, 0) is 25.9 Å². The van der Waals surface area contributed by atoms with E-state index in [1.807, 2.05) is 0 Å². The molecule has 0 bridgehead atoms. The van der Waals surface area contributed by atoms with Crippen molar-refractivity contribution in [3.05, 3.63) is 23.2 Å².